The fourth-order valence-electron chi connectivity index (χ4n) is 4.00. The highest BCUT2D eigenvalue weighted by Gasteiger charge is 2.50. The molecule has 3 heterocycles. The number of hydrogen-bond donors (Lipinski definition) is 2. The Morgan fingerprint density at radius 2 is 1.93 bits per heavy atom. The lowest BCUT2D eigenvalue weighted by atomic mass is 9.85. The van der Waals surface area contributed by atoms with E-state index in [9.17, 15) is 9.59 Å². The first-order valence-corrected chi connectivity index (χ1v) is 10.2. The summed E-state index contributed by atoms with van der Waals surface area (Å²) in [7, 11) is 0. The van der Waals surface area contributed by atoms with Gasteiger partial charge < -0.3 is 20.4 Å². The third kappa shape index (κ3) is 3.57. The number of rotatable bonds is 5. The molecule has 2 aliphatic heterocycles. The SMILES string of the molecule is O=C(NCCN1CCC2(CC1)C(=O)NCN2c1ccccc1)c1cccs1. The highest BCUT2D eigenvalue weighted by molar-refractivity contribution is 7.12. The third-order valence-corrected chi connectivity index (χ3v) is 6.42. The highest BCUT2D eigenvalue weighted by Crippen LogP contribution is 2.35. The predicted molar refractivity (Wildman–Crippen MR) is 107 cm³/mol. The van der Waals surface area contributed by atoms with Gasteiger partial charge in [-0.15, -0.1) is 11.3 Å². The zero-order valence-electron chi connectivity index (χ0n) is 15.2. The summed E-state index contributed by atoms with van der Waals surface area (Å²) < 4.78 is 0. The lowest BCUT2D eigenvalue weighted by Crippen LogP contribution is -2.57. The lowest BCUT2D eigenvalue weighted by Gasteiger charge is -2.43. The molecule has 0 bridgehead atoms. The van der Waals surface area contributed by atoms with Crippen LogP contribution in [0.15, 0.2) is 47.8 Å². The van der Waals surface area contributed by atoms with E-state index in [1.807, 2.05) is 35.7 Å². The largest absolute Gasteiger partial charge is 0.350 e. The van der Waals surface area contributed by atoms with Crippen molar-refractivity contribution in [3.8, 4) is 0 Å². The van der Waals surface area contributed by atoms with Crippen molar-refractivity contribution < 1.29 is 9.59 Å². The number of anilines is 1. The number of piperidine rings is 1. The second-order valence-corrected chi connectivity index (χ2v) is 7.98. The summed E-state index contributed by atoms with van der Waals surface area (Å²) in [5, 5.41) is 7.91. The van der Waals surface area contributed by atoms with Crippen LogP contribution >= 0.6 is 11.3 Å². The van der Waals surface area contributed by atoms with Crippen LogP contribution in [-0.4, -0.2) is 55.1 Å². The van der Waals surface area contributed by atoms with E-state index in [0.29, 0.717) is 13.2 Å². The van der Waals surface area contributed by atoms with Crippen molar-refractivity contribution in [3.05, 3.63) is 52.7 Å². The Morgan fingerprint density at radius 1 is 1.15 bits per heavy atom. The number of carbonyl (C=O) groups is 2. The second-order valence-electron chi connectivity index (χ2n) is 7.03. The summed E-state index contributed by atoms with van der Waals surface area (Å²) in [5.41, 5.74) is 0.644. The van der Waals surface area contributed by atoms with Crippen molar-refractivity contribution in [1.29, 1.82) is 0 Å². The second kappa shape index (κ2) is 7.70. The highest BCUT2D eigenvalue weighted by atomic mass is 32.1. The van der Waals surface area contributed by atoms with Crippen LogP contribution in [0.1, 0.15) is 22.5 Å². The van der Waals surface area contributed by atoms with Crippen LogP contribution in [0.25, 0.3) is 0 Å². The first-order valence-electron chi connectivity index (χ1n) is 9.34. The van der Waals surface area contributed by atoms with Crippen LogP contribution in [-0.2, 0) is 4.79 Å². The average molecular weight is 385 g/mol. The lowest BCUT2D eigenvalue weighted by molar-refractivity contribution is -0.125. The van der Waals surface area contributed by atoms with Crippen LogP contribution in [0.2, 0.25) is 0 Å². The summed E-state index contributed by atoms with van der Waals surface area (Å²) in [5.74, 6) is 0.126. The van der Waals surface area contributed by atoms with E-state index >= 15 is 0 Å². The summed E-state index contributed by atoms with van der Waals surface area (Å²) in [4.78, 5) is 30.0. The van der Waals surface area contributed by atoms with Crippen molar-refractivity contribution in [1.82, 2.24) is 15.5 Å². The monoisotopic (exact) mass is 384 g/mol. The Balaban J connectivity index is 1.32. The number of carbonyl (C=O) groups excluding carboxylic acids is 2. The van der Waals surface area contributed by atoms with Crippen LogP contribution < -0.4 is 15.5 Å². The van der Waals surface area contributed by atoms with Gasteiger partial charge in [0.25, 0.3) is 5.91 Å². The molecule has 2 saturated heterocycles. The molecule has 6 nitrogen and oxygen atoms in total. The first-order chi connectivity index (χ1) is 13.2. The molecule has 1 aromatic carbocycles. The van der Waals surface area contributed by atoms with Gasteiger partial charge in [0.2, 0.25) is 5.91 Å². The van der Waals surface area contributed by atoms with Crippen molar-refractivity contribution in [2.24, 2.45) is 0 Å². The van der Waals surface area contributed by atoms with Gasteiger partial charge >= 0.3 is 0 Å². The summed E-state index contributed by atoms with van der Waals surface area (Å²) in [6, 6.07) is 13.9. The van der Waals surface area contributed by atoms with Crippen LogP contribution in [0.3, 0.4) is 0 Å². The van der Waals surface area contributed by atoms with E-state index in [2.05, 4.69) is 32.6 Å². The van der Waals surface area contributed by atoms with Gasteiger partial charge in [0, 0.05) is 31.9 Å². The fourth-order valence-corrected chi connectivity index (χ4v) is 4.64. The van der Waals surface area contributed by atoms with Crippen molar-refractivity contribution >= 4 is 28.8 Å². The smallest absolute Gasteiger partial charge is 0.261 e. The molecule has 2 aromatic rings. The molecule has 0 unspecified atom stereocenters. The van der Waals surface area contributed by atoms with Gasteiger partial charge in [-0.05, 0) is 36.4 Å². The number of hydrogen-bond acceptors (Lipinski definition) is 5. The number of nitrogens with zero attached hydrogens (tertiary/aromatic N) is 2. The molecule has 2 amide bonds. The first kappa shape index (κ1) is 18.0. The molecule has 2 fully saturated rings. The fraction of sp³-hybridized carbons (Fsp3) is 0.400. The van der Waals surface area contributed by atoms with E-state index < -0.39 is 5.54 Å². The van der Waals surface area contributed by atoms with E-state index in [4.69, 9.17) is 0 Å². The zero-order chi connectivity index (χ0) is 18.7. The van der Waals surface area contributed by atoms with Crippen LogP contribution in [0.5, 0.6) is 0 Å². The molecule has 0 saturated carbocycles. The van der Waals surface area contributed by atoms with Crippen molar-refractivity contribution in [3.63, 3.8) is 0 Å². The Bertz CT molecular complexity index is 786. The van der Waals surface area contributed by atoms with Gasteiger partial charge in [-0.1, -0.05) is 24.3 Å². The Morgan fingerprint density at radius 3 is 2.63 bits per heavy atom. The molecule has 0 aliphatic carbocycles. The van der Waals surface area contributed by atoms with E-state index in [1.54, 1.807) is 0 Å². The van der Waals surface area contributed by atoms with E-state index in [0.717, 1.165) is 43.0 Å². The summed E-state index contributed by atoms with van der Waals surface area (Å²) >= 11 is 1.45. The molecule has 0 atom stereocenters. The molecule has 4 rings (SSSR count). The number of para-hydroxylation sites is 1. The van der Waals surface area contributed by atoms with Crippen LogP contribution in [0.4, 0.5) is 5.69 Å². The van der Waals surface area contributed by atoms with Gasteiger partial charge in [-0.2, -0.15) is 0 Å². The standard InChI is InChI=1S/C20H24N4O2S/c25-18(17-7-4-14-27-17)21-10-13-23-11-8-20(9-12-23)19(26)22-15-24(20)16-5-2-1-3-6-16/h1-7,14H,8-13,15H2,(H,21,25)(H,22,26). The molecule has 1 aromatic heterocycles. The van der Waals surface area contributed by atoms with Gasteiger partial charge in [-0.3, -0.25) is 9.59 Å². The average Bonchev–Trinajstić information content (AvgIpc) is 3.34. The Labute approximate surface area is 163 Å². The third-order valence-electron chi connectivity index (χ3n) is 5.55. The molecular weight excluding hydrogens is 360 g/mol. The molecule has 0 radical (unpaired) electrons. The minimum absolute atomic E-state index is 0.0103. The quantitative estimate of drug-likeness (QED) is 0.827. The number of thiophene rings is 1. The molecule has 2 N–H and O–H groups in total. The van der Waals surface area contributed by atoms with Gasteiger partial charge in [0.05, 0.1) is 11.5 Å². The number of benzene rings is 1. The minimum atomic E-state index is -0.446. The van der Waals surface area contributed by atoms with Crippen molar-refractivity contribution in [2.45, 2.75) is 18.4 Å². The van der Waals surface area contributed by atoms with E-state index in [1.165, 1.54) is 11.3 Å². The molecule has 27 heavy (non-hydrogen) atoms. The Kier molecular flexibility index (Phi) is 5.13. The van der Waals surface area contributed by atoms with Crippen molar-refractivity contribution in [2.75, 3.05) is 37.7 Å². The van der Waals surface area contributed by atoms with Gasteiger partial charge in [0.1, 0.15) is 5.54 Å². The topological polar surface area (TPSA) is 64.7 Å². The number of amides is 2. The molecule has 142 valence electrons. The van der Waals surface area contributed by atoms with E-state index in [-0.39, 0.29) is 11.8 Å². The summed E-state index contributed by atoms with van der Waals surface area (Å²) in [6.07, 6.45) is 1.60. The number of likely N-dealkylation sites (tertiary alicyclic amines) is 1. The maximum atomic E-state index is 12.6. The van der Waals surface area contributed by atoms with Crippen LogP contribution in [0, 0.1) is 0 Å². The predicted octanol–water partition coefficient (Wildman–Crippen LogP) is 1.91. The van der Waals surface area contributed by atoms with Gasteiger partial charge in [0.15, 0.2) is 0 Å². The molecule has 1 spiro atoms. The Hall–Kier alpha value is -2.38. The minimum Gasteiger partial charge on any atom is -0.350 e. The summed E-state index contributed by atoms with van der Waals surface area (Å²) in [6.45, 7) is 3.70. The normalized spacial score (nSPS) is 19.3. The number of nitrogens with one attached hydrogen (secondary N) is 2. The zero-order valence-corrected chi connectivity index (χ0v) is 16.0. The maximum absolute atomic E-state index is 12.6. The molecule has 7 heteroatoms. The maximum Gasteiger partial charge on any atom is 0.261 e. The van der Waals surface area contributed by atoms with Gasteiger partial charge in [-0.25, -0.2) is 0 Å². The molecular formula is C20H24N4O2S. The molecule has 2 aliphatic rings.